The predicted octanol–water partition coefficient (Wildman–Crippen LogP) is 5.97. The number of carboxylic acids is 2. The van der Waals surface area contributed by atoms with Crippen molar-refractivity contribution in [2.45, 2.75) is 200 Å². The summed E-state index contributed by atoms with van der Waals surface area (Å²) >= 11 is 0. The van der Waals surface area contributed by atoms with Crippen molar-refractivity contribution in [3.8, 4) is 0 Å². The van der Waals surface area contributed by atoms with Gasteiger partial charge in [-0.3, -0.25) is 33.6 Å². The molecule has 0 aromatic carbocycles. The number of imidazole rings is 1. The van der Waals surface area contributed by atoms with E-state index >= 15 is 0 Å². The molecule has 0 aliphatic heterocycles. The fourth-order valence-corrected chi connectivity index (χ4v) is 6.91. The van der Waals surface area contributed by atoms with Crippen molar-refractivity contribution in [2.75, 3.05) is 39.5 Å². The maximum absolute atomic E-state index is 13.3. The average Bonchev–Trinajstić information content (AvgIpc) is 3.81. The van der Waals surface area contributed by atoms with Crippen LogP contribution < -0.4 is 27.0 Å². The quantitative estimate of drug-likeness (QED) is 0.0351. The zero-order chi connectivity index (χ0) is 51.0. The Morgan fingerprint density at radius 1 is 0.706 bits per heavy atom. The molecule has 0 aliphatic carbocycles. The highest BCUT2D eigenvalue weighted by Crippen LogP contribution is 2.21. The van der Waals surface area contributed by atoms with Crippen LogP contribution in [0.3, 0.4) is 0 Å². The molecule has 0 bridgehead atoms. The molecule has 19 heteroatoms. The number of aromatic amines is 1. The molecule has 0 aliphatic rings. The second-order valence-corrected chi connectivity index (χ2v) is 17.8. The van der Waals surface area contributed by atoms with Gasteiger partial charge >= 0.3 is 11.9 Å². The number of H-pyrrole nitrogens is 1. The monoisotopic (exact) mass is 970 g/mol. The predicted molar refractivity (Wildman–Crippen MR) is 264 cm³/mol. The summed E-state index contributed by atoms with van der Waals surface area (Å²) in [6, 6.07) is -2.09. The highest BCUT2D eigenvalue weighted by Gasteiger charge is 2.34. The number of nitrogens with two attached hydrogens (primary N) is 1. The summed E-state index contributed by atoms with van der Waals surface area (Å²) in [7, 11) is 0. The number of unbranched alkanes of at least 4 members (excludes halogenated alkanes) is 12. The maximum atomic E-state index is 13.3. The zero-order valence-electron chi connectivity index (χ0n) is 41.9. The third-order valence-corrected chi connectivity index (χ3v) is 11.2. The van der Waals surface area contributed by atoms with E-state index in [-0.39, 0.29) is 117 Å². The molecule has 3 atom stereocenters. The molecule has 0 saturated carbocycles. The molecule has 0 fully saturated rings. The van der Waals surface area contributed by atoms with Gasteiger partial charge in [0.1, 0.15) is 18.4 Å². The van der Waals surface area contributed by atoms with Crippen LogP contribution in [0.2, 0.25) is 0 Å². The van der Waals surface area contributed by atoms with E-state index in [1.54, 1.807) is 0 Å². The minimum atomic E-state index is -1.34. The van der Waals surface area contributed by atoms with Crippen LogP contribution in [-0.4, -0.2) is 124 Å². The van der Waals surface area contributed by atoms with Gasteiger partial charge in [0.05, 0.1) is 44.1 Å². The summed E-state index contributed by atoms with van der Waals surface area (Å²) in [6.07, 6.45) is 20.3. The number of carbonyl (C=O) groups is 8. The molecule has 9 N–H and O–H groups in total. The Morgan fingerprint density at radius 3 is 1.90 bits per heavy atom. The molecular weight excluding hydrogens is 879 g/mol. The van der Waals surface area contributed by atoms with Crippen LogP contribution in [0.5, 0.6) is 0 Å². The number of hydrogen-bond donors (Lipinski definition) is 8. The highest BCUT2D eigenvalue weighted by atomic mass is 16.5. The van der Waals surface area contributed by atoms with E-state index in [9.17, 15) is 43.5 Å². The van der Waals surface area contributed by atoms with E-state index in [0.717, 1.165) is 19.3 Å². The van der Waals surface area contributed by atoms with Crippen molar-refractivity contribution < 1.29 is 60.9 Å². The van der Waals surface area contributed by atoms with Gasteiger partial charge in [-0.25, -0.2) is 9.78 Å². The topological polar surface area (TPSA) is 298 Å². The zero-order valence-corrected chi connectivity index (χ0v) is 41.9. The van der Waals surface area contributed by atoms with E-state index in [4.69, 9.17) is 20.3 Å². The minimum Gasteiger partial charge on any atom is -0.481 e. The Kier molecular flexibility index (Phi) is 37.4. The fourth-order valence-electron chi connectivity index (χ4n) is 6.91. The molecule has 68 heavy (non-hydrogen) atoms. The first-order valence-electron chi connectivity index (χ1n) is 25.0. The summed E-state index contributed by atoms with van der Waals surface area (Å²) in [5, 5.41) is 28.9. The van der Waals surface area contributed by atoms with Crippen molar-refractivity contribution >= 4 is 47.1 Å². The second kappa shape index (κ2) is 40.2. The molecule has 19 nitrogen and oxygen atoms in total. The number of amides is 4. The van der Waals surface area contributed by atoms with Gasteiger partial charge in [-0.15, -0.1) is 0 Å². The van der Waals surface area contributed by atoms with Crippen LogP contribution in [0.15, 0.2) is 12.5 Å². The Balaban J connectivity index is -0.00000305. The molecule has 0 radical (unpaired) electrons. The van der Waals surface area contributed by atoms with Gasteiger partial charge in [0.15, 0.2) is 5.78 Å². The molecule has 0 unspecified atom stereocenters. The lowest BCUT2D eigenvalue weighted by molar-refractivity contribution is -0.142. The highest BCUT2D eigenvalue weighted by molar-refractivity contribution is 5.96. The molecule has 394 valence electrons. The van der Waals surface area contributed by atoms with E-state index < -0.39 is 47.2 Å². The summed E-state index contributed by atoms with van der Waals surface area (Å²) in [5.74, 6) is -5.53. The van der Waals surface area contributed by atoms with E-state index in [1.807, 2.05) is 0 Å². The van der Waals surface area contributed by atoms with Crippen LogP contribution in [0.1, 0.15) is 184 Å². The van der Waals surface area contributed by atoms with E-state index in [1.165, 1.54) is 84.2 Å². The van der Waals surface area contributed by atoms with Crippen LogP contribution in [0, 0.1) is 5.92 Å². The minimum absolute atomic E-state index is 0. The van der Waals surface area contributed by atoms with Gasteiger partial charge in [-0.2, -0.15) is 0 Å². The molecule has 0 saturated heterocycles. The average molecular weight is 970 g/mol. The van der Waals surface area contributed by atoms with Gasteiger partial charge in [-0.1, -0.05) is 104 Å². The van der Waals surface area contributed by atoms with Crippen LogP contribution >= 0.6 is 0 Å². The molecule has 1 aromatic rings. The summed E-state index contributed by atoms with van der Waals surface area (Å²) in [6.45, 7) is 10.3. The number of ketones is 2. The molecule has 1 heterocycles. The largest absolute Gasteiger partial charge is 0.481 e. The number of aromatic nitrogens is 2. The summed E-state index contributed by atoms with van der Waals surface area (Å²) < 4.78 is 10.7. The Labute approximate surface area is 407 Å². The van der Waals surface area contributed by atoms with Crippen LogP contribution in [0.25, 0.3) is 0 Å². The lowest BCUT2D eigenvalue weighted by atomic mass is 9.84. The smallest absolute Gasteiger partial charge is 0.326 e. The lowest BCUT2D eigenvalue weighted by Gasteiger charge is -2.28. The Hall–Kier alpha value is -4.75. The maximum Gasteiger partial charge on any atom is 0.326 e. The van der Waals surface area contributed by atoms with Crippen molar-refractivity contribution in [2.24, 2.45) is 11.7 Å². The number of hydrogen-bond acceptors (Lipinski definition) is 12. The standard InChI is InChI=1S/C38H63N7O12.C11H24.2H2/c1-4-5-6-7-11-33(49)44-29(37(54)55)12-14-32(48)42-17-18-56-19-20-57-24-34(50)41-16-9-8-10-26(30(46)13-15-35(51)52)21-31(47)38(2,3)45-36(53)28(39)22-27-23-40-25-43-27;1-3-5-7-9-11-10-8-6-4-2;;/h23,25-26,28-29H,4-22,24,39H2,1-3H3,(H,40,43)(H,41,50)(H,42,48)(H,44,49)(H,45,53)(H,51,52)(H,54,55);3-11H2,1-2H3;2*1H/t26-,28+,29+;;;/m1.../s1. The second-order valence-electron chi connectivity index (χ2n) is 17.8. The molecule has 0 spiro atoms. The molecule has 4 amide bonds. The van der Waals surface area contributed by atoms with Gasteiger partial charge < -0.3 is 51.7 Å². The van der Waals surface area contributed by atoms with Gasteiger partial charge in [0.25, 0.3) is 0 Å². The van der Waals surface area contributed by atoms with Crippen molar-refractivity contribution in [3.05, 3.63) is 18.2 Å². The normalized spacial score (nSPS) is 12.4. The third-order valence-electron chi connectivity index (χ3n) is 11.2. The van der Waals surface area contributed by atoms with Gasteiger partial charge in [0.2, 0.25) is 23.6 Å². The van der Waals surface area contributed by atoms with Crippen LogP contribution in [-0.2, 0) is 54.3 Å². The number of carbonyl (C=O) groups excluding carboxylic acids is 6. The molecule has 1 aromatic heterocycles. The van der Waals surface area contributed by atoms with Gasteiger partial charge in [0, 0.05) is 65.9 Å². The van der Waals surface area contributed by atoms with Crippen molar-refractivity contribution in [3.63, 3.8) is 0 Å². The fraction of sp³-hybridized carbons (Fsp3) is 0.776. The summed E-state index contributed by atoms with van der Waals surface area (Å²) in [4.78, 5) is 104. The van der Waals surface area contributed by atoms with E-state index in [2.05, 4.69) is 52.0 Å². The molecular formula is C49H91N7O12. The number of rotatable bonds is 42. The number of nitrogens with one attached hydrogen (secondary N) is 5. The third kappa shape index (κ3) is 34.5. The van der Waals surface area contributed by atoms with Crippen molar-refractivity contribution in [1.82, 2.24) is 31.2 Å². The first-order chi connectivity index (χ1) is 32.5. The van der Waals surface area contributed by atoms with Crippen LogP contribution in [0.4, 0.5) is 0 Å². The first-order valence-corrected chi connectivity index (χ1v) is 25.0. The number of nitrogens with zero attached hydrogens (tertiary/aromatic N) is 1. The first kappa shape index (κ1) is 63.2. The number of Topliss-reactive ketones (excluding diaryl/α,β-unsaturated/α-hetero) is 2. The Bertz CT molecular complexity index is 1580. The number of ether oxygens (including phenoxy) is 2. The van der Waals surface area contributed by atoms with Gasteiger partial charge in [-0.05, 0) is 39.5 Å². The Morgan fingerprint density at radius 2 is 1.31 bits per heavy atom. The number of aliphatic carboxylic acids is 2. The summed E-state index contributed by atoms with van der Waals surface area (Å²) in [5.41, 5.74) is 5.31. The molecule has 1 rings (SSSR count). The van der Waals surface area contributed by atoms with Crippen molar-refractivity contribution in [1.29, 1.82) is 0 Å². The number of carboxylic acid groups (broad SMARTS) is 2. The lowest BCUT2D eigenvalue weighted by Crippen LogP contribution is -2.55. The SMILES string of the molecule is CCCCCCC(=O)N[C@@H](CCC(=O)NCCOCCOCC(=O)NCCCC[C@H](CC(=O)C(C)(C)NC(=O)[C@@H](N)Cc1cnc[nH]1)C(=O)CCC(=O)O)C(=O)O.CCCCCCCCCCC.[HH].[HH]. The van der Waals surface area contributed by atoms with E-state index in [0.29, 0.717) is 25.0 Å².